The van der Waals surface area contributed by atoms with E-state index in [1.807, 2.05) is 35.2 Å². The van der Waals surface area contributed by atoms with E-state index >= 15 is 0 Å². The number of anilines is 1. The number of carbonyl (C=O) groups excluding carboxylic acids is 2. The van der Waals surface area contributed by atoms with E-state index in [2.05, 4.69) is 34.9 Å². The quantitative estimate of drug-likeness (QED) is 0.319. The van der Waals surface area contributed by atoms with Crippen LogP contribution in [0.25, 0.3) is 6.08 Å². The Labute approximate surface area is 243 Å². The normalized spacial score (nSPS) is 25.4. The lowest BCUT2D eigenvalue weighted by atomic mass is 9.79. The molecule has 2 N–H and O–H groups in total. The van der Waals surface area contributed by atoms with E-state index in [-0.39, 0.29) is 41.8 Å². The van der Waals surface area contributed by atoms with Gasteiger partial charge in [0.1, 0.15) is 0 Å². The average molecular weight is 574 g/mol. The maximum Gasteiger partial charge on any atom is 0.416 e. The molecular weight excluding hydrogens is 539 g/mol. The van der Waals surface area contributed by atoms with Crippen molar-refractivity contribution >= 4 is 23.6 Å². The SMILES string of the molecule is O=C(/C=C/c1ccc(C(F)(F)F)cc1)N[C@@H]1CCCC[C@@H]1C(=O)N1CC[C@H]2[C@H](c3ccccc3)Nc3ccccc3[C@@H]21. The summed E-state index contributed by atoms with van der Waals surface area (Å²) >= 11 is 0. The van der Waals surface area contributed by atoms with Crippen molar-refractivity contribution in [1.82, 2.24) is 10.2 Å². The maximum absolute atomic E-state index is 14.2. The molecule has 2 aliphatic heterocycles. The molecule has 1 aliphatic carbocycles. The fourth-order valence-corrected chi connectivity index (χ4v) is 6.96. The minimum absolute atomic E-state index is 0.0435. The van der Waals surface area contributed by atoms with Gasteiger partial charge in [-0.3, -0.25) is 9.59 Å². The Kier molecular flexibility index (Phi) is 7.80. The van der Waals surface area contributed by atoms with Gasteiger partial charge < -0.3 is 15.5 Å². The first-order valence-electron chi connectivity index (χ1n) is 14.7. The zero-order valence-corrected chi connectivity index (χ0v) is 23.2. The Balaban J connectivity index is 1.18. The summed E-state index contributed by atoms with van der Waals surface area (Å²) in [5.41, 5.74) is 3.16. The second-order valence-electron chi connectivity index (χ2n) is 11.5. The number of alkyl halides is 3. The molecule has 8 heteroatoms. The molecule has 2 heterocycles. The first kappa shape index (κ1) is 28.1. The van der Waals surface area contributed by atoms with E-state index in [9.17, 15) is 22.8 Å². The highest BCUT2D eigenvalue weighted by atomic mass is 19.4. The minimum Gasteiger partial charge on any atom is -0.378 e. The lowest BCUT2D eigenvalue weighted by molar-refractivity contribution is -0.139. The molecule has 3 aliphatic rings. The van der Waals surface area contributed by atoms with Crippen LogP contribution in [-0.2, 0) is 15.8 Å². The topological polar surface area (TPSA) is 61.4 Å². The average Bonchev–Trinajstić information content (AvgIpc) is 3.45. The lowest BCUT2D eigenvalue weighted by Gasteiger charge is -2.42. The zero-order valence-electron chi connectivity index (χ0n) is 23.2. The summed E-state index contributed by atoms with van der Waals surface area (Å²) in [6, 6.07) is 23.0. The molecule has 218 valence electrons. The Morgan fingerprint density at radius 3 is 2.36 bits per heavy atom. The standard InChI is InChI=1S/C34H34F3N3O2/c35-34(36,37)24-17-14-22(15-18-24)16-19-30(41)38-29-13-7-5-11-26(29)33(42)40-21-20-27-31(23-8-2-1-3-9-23)39-28-12-6-4-10-25(28)32(27)40/h1-4,6,8-10,12,14-19,26-27,29,31-32,39H,5,7,11,13,20-21H2,(H,38,41)/b19-16+/t26-,27-,29+,31-,32-/m0/s1. The van der Waals surface area contributed by atoms with E-state index in [4.69, 9.17) is 0 Å². The molecule has 0 aromatic heterocycles. The van der Waals surface area contributed by atoms with Gasteiger partial charge in [-0.05, 0) is 60.2 Å². The molecule has 3 aromatic rings. The van der Waals surface area contributed by atoms with Crippen LogP contribution < -0.4 is 10.6 Å². The summed E-state index contributed by atoms with van der Waals surface area (Å²) in [5.74, 6) is -0.356. The first-order valence-corrected chi connectivity index (χ1v) is 14.7. The van der Waals surface area contributed by atoms with Crippen molar-refractivity contribution in [2.24, 2.45) is 11.8 Å². The van der Waals surface area contributed by atoms with Crippen molar-refractivity contribution in [3.63, 3.8) is 0 Å². The molecule has 2 fully saturated rings. The molecule has 1 saturated heterocycles. The number of para-hydroxylation sites is 1. The smallest absolute Gasteiger partial charge is 0.378 e. The van der Waals surface area contributed by atoms with Crippen LogP contribution in [0.15, 0.2) is 84.9 Å². The Morgan fingerprint density at radius 2 is 1.60 bits per heavy atom. The number of benzene rings is 3. The van der Waals surface area contributed by atoms with Gasteiger partial charge in [-0.2, -0.15) is 13.2 Å². The van der Waals surface area contributed by atoms with E-state index in [1.165, 1.54) is 29.8 Å². The predicted molar refractivity (Wildman–Crippen MR) is 156 cm³/mol. The van der Waals surface area contributed by atoms with E-state index in [0.29, 0.717) is 24.9 Å². The number of rotatable bonds is 5. The number of halogens is 3. The molecule has 1 saturated carbocycles. The summed E-state index contributed by atoms with van der Waals surface area (Å²) in [7, 11) is 0. The van der Waals surface area contributed by atoms with Gasteiger partial charge in [-0.1, -0.05) is 73.5 Å². The maximum atomic E-state index is 14.2. The second kappa shape index (κ2) is 11.7. The fourth-order valence-electron chi connectivity index (χ4n) is 6.96. The van der Waals surface area contributed by atoms with Crippen LogP contribution in [0.2, 0.25) is 0 Å². The highest BCUT2D eigenvalue weighted by molar-refractivity contribution is 5.92. The number of nitrogens with one attached hydrogen (secondary N) is 2. The second-order valence-corrected chi connectivity index (χ2v) is 11.5. The summed E-state index contributed by atoms with van der Waals surface area (Å²) < 4.78 is 38.6. The Hall–Kier alpha value is -4.07. The van der Waals surface area contributed by atoms with Gasteiger partial charge in [0.25, 0.3) is 0 Å². The number of hydrogen-bond donors (Lipinski definition) is 2. The van der Waals surface area contributed by atoms with Gasteiger partial charge in [0, 0.05) is 30.3 Å². The van der Waals surface area contributed by atoms with Crippen molar-refractivity contribution in [3.05, 3.63) is 107 Å². The van der Waals surface area contributed by atoms with Crippen molar-refractivity contribution < 1.29 is 22.8 Å². The highest BCUT2D eigenvalue weighted by Gasteiger charge is 2.48. The van der Waals surface area contributed by atoms with Crippen LogP contribution in [-0.4, -0.2) is 29.3 Å². The molecule has 0 radical (unpaired) electrons. The first-order chi connectivity index (χ1) is 20.3. The lowest BCUT2D eigenvalue weighted by Crippen LogP contribution is -2.49. The van der Waals surface area contributed by atoms with Crippen molar-refractivity contribution in [1.29, 1.82) is 0 Å². The summed E-state index contributed by atoms with van der Waals surface area (Å²) in [5, 5.41) is 6.78. The van der Waals surface area contributed by atoms with E-state index in [0.717, 1.165) is 42.6 Å². The van der Waals surface area contributed by atoms with Crippen molar-refractivity contribution in [2.45, 2.75) is 56.4 Å². The van der Waals surface area contributed by atoms with Gasteiger partial charge >= 0.3 is 6.18 Å². The molecule has 0 unspecified atom stereocenters. The van der Waals surface area contributed by atoms with Crippen LogP contribution in [0.4, 0.5) is 18.9 Å². The van der Waals surface area contributed by atoms with Crippen LogP contribution >= 0.6 is 0 Å². The molecule has 6 rings (SSSR count). The van der Waals surface area contributed by atoms with E-state index < -0.39 is 11.7 Å². The van der Waals surface area contributed by atoms with Gasteiger partial charge in [-0.15, -0.1) is 0 Å². The van der Waals surface area contributed by atoms with Crippen LogP contribution in [0.3, 0.4) is 0 Å². The molecular formula is C34H34F3N3O2. The zero-order chi connectivity index (χ0) is 29.3. The van der Waals surface area contributed by atoms with Crippen LogP contribution in [0, 0.1) is 11.8 Å². The molecule has 0 bridgehead atoms. The number of nitrogens with zero attached hydrogens (tertiary/aromatic N) is 1. The largest absolute Gasteiger partial charge is 0.416 e. The van der Waals surface area contributed by atoms with Gasteiger partial charge in [0.2, 0.25) is 11.8 Å². The molecule has 42 heavy (non-hydrogen) atoms. The third-order valence-electron chi connectivity index (χ3n) is 8.98. The monoisotopic (exact) mass is 573 g/mol. The summed E-state index contributed by atoms with van der Waals surface area (Å²) in [4.78, 5) is 29.2. The third kappa shape index (κ3) is 5.67. The fraction of sp³-hybridized carbons (Fsp3) is 0.353. The summed E-state index contributed by atoms with van der Waals surface area (Å²) in [6.07, 6.45) is 2.58. The van der Waals surface area contributed by atoms with Gasteiger partial charge in [0.05, 0.1) is 23.6 Å². The molecule has 5 nitrogen and oxygen atoms in total. The predicted octanol–water partition coefficient (Wildman–Crippen LogP) is 7.15. The number of fused-ring (bicyclic) bond motifs is 3. The minimum atomic E-state index is -4.41. The van der Waals surface area contributed by atoms with Gasteiger partial charge in [-0.25, -0.2) is 0 Å². The molecule has 2 amide bonds. The van der Waals surface area contributed by atoms with E-state index in [1.54, 1.807) is 0 Å². The number of likely N-dealkylation sites (tertiary alicyclic amines) is 1. The van der Waals surface area contributed by atoms with Crippen molar-refractivity contribution in [3.8, 4) is 0 Å². The van der Waals surface area contributed by atoms with Crippen LogP contribution in [0.1, 0.15) is 66.4 Å². The third-order valence-corrected chi connectivity index (χ3v) is 8.98. The highest BCUT2D eigenvalue weighted by Crippen LogP contribution is 2.51. The Bertz CT molecular complexity index is 1450. The number of carbonyl (C=O) groups is 2. The molecule has 3 aromatic carbocycles. The molecule has 5 atom stereocenters. The number of hydrogen-bond acceptors (Lipinski definition) is 3. The number of amides is 2. The summed E-state index contributed by atoms with van der Waals surface area (Å²) in [6.45, 7) is 0.665. The van der Waals surface area contributed by atoms with Crippen molar-refractivity contribution in [2.75, 3.05) is 11.9 Å². The van der Waals surface area contributed by atoms with Crippen LogP contribution in [0.5, 0.6) is 0 Å². The van der Waals surface area contributed by atoms with Gasteiger partial charge in [0.15, 0.2) is 0 Å². The Morgan fingerprint density at radius 1 is 0.881 bits per heavy atom. The molecule has 0 spiro atoms.